The molecule has 0 aliphatic carbocycles. The Balaban J connectivity index is 2.16. The fourth-order valence-electron chi connectivity index (χ4n) is 2.20. The second-order valence-corrected chi connectivity index (χ2v) is 6.71. The number of ether oxygens (including phenoxy) is 1. The molecule has 1 aromatic heterocycles. The molecular formula is C17H13FNO3S. The fourth-order valence-corrected chi connectivity index (χ4v) is 3.05. The molecule has 23 heavy (non-hydrogen) atoms. The van der Waals surface area contributed by atoms with E-state index in [1.54, 1.807) is 12.4 Å². The topological polar surface area (TPSA) is 59.4 Å². The van der Waals surface area contributed by atoms with Crippen molar-refractivity contribution in [3.8, 4) is 28.8 Å². The Morgan fingerprint density at radius 1 is 1.43 bits per heavy atom. The molecule has 2 aromatic rings. The molecule has 0 fully saturated rings. The Morgan fingerprint density at radius 3 is 2.91 bits per heavy atom. The van der Waals surface area contributed by atoms with E-state index < -0.39 is 11.4 Å². The molecule has 0 amide bonds. The predicted octanol–water partition coefficient (Wildman–Crippen LogP) is 2.46. The second-order valence-electron chi connectivity index (χ2n) is 5.63. The Morgan fingerprint density at radius 2 is 2.22 bits per heavy atom. The van der Waals surface area contributed by atoms with Crippen LogP contribution in [0.5, 0.6) is 5.75 Å². The lowest BCUT2D eigenvalue weighted by Crippen LogP contribution is -2.14. The van der Waals surface area contributed by atoms with Crippen LogP contribution in [0.15, 0.2) is 12.1 Å². The summed E-state index contributed by atoms with van der Waals surface area (Å²) in [6.45, 7) is 3.43. The van der Waals surface area contributed by atoms with Crippen LogP contribution in [0.1, 0.15) is 29.3 Å². The van der Waals surface area contributed by atoms with Gasteiger partial charge in [-0.3, -0.25) is 4.79 Å². The highest BCUT2D eigenvalue weighted by molar-refractivity contribution is 7.13. The third-order valence-corrected chi connectivity index (χ3v) is 4.21. The first-order valence-electron chi connectivity index (χ1n) is 6.97. The van der Waals surface area contributed by atoms with Crippen molar-refractivity contribution in [2.45, 2.75) is 25.9 Å². The third-order valence-electron chi connectivity index (χ3n) is 3.20. The summed E-state index contributed by atoms with van der Waals surface area (Å²) in [6, 6.07) is 2.81. The monoisotopic (exact) mass is 330 g/mol. The molecule has 0 unspecified atom stereocenters. The quantitative estimate of drug-likeness (QED) is 0.816. The number of aliphatic hydroxyl groups is 1. The number of hydrogen-bond acceptors (Lipinski definition) is 5. The van der Waals surface area contributed by atoms with E-state index in [2.05, 4.69) is 16.8 Å². The number of rotatable bonds is 1. The number of aromatic nitrogens is 1. The number of fused-ring (bicyclic) bond motifs is 3. The average molecular weight is 330 g/mol. The van der Waals surface area contributed by atoms with E-state index in [1.807, 2.05) is 0 Å². The van der Waals surface area contributed by atoms with Gasteiger partial charge >= 0.3 is 0 Å². The van der Waals surface area contributed by atoms with Gasteiger partial charge in [-0.15, -0.1) is 11.3 Å². The lowest BCUT2D eigenvalue weighted by Gasteiger charge is -2.09. The van der Waals surface area contributed by atoms with Crippen LogP contribution in [-0.2, 0) is 11.2 Å². The van der Waals surface area contributed by atoms with Crippen LogP contribution < -0.4 is 4.74 Å². The van der Waals surface area contributed by atoms with Crippen LogP contribution in [0.3, 0.4) is 0 Å². The van der Waals surface area contributed by atoms with E-state index in [1.165, 1.54) is 31.3 Å². The van der Waals surface area contributed by atoms with E-state index in [0.717, 1.165) is 4.88 Å². The van der Waals surface area contributed by atoms with Crippen LogP contribution >= 0.6 is 11.3 Å². The van der Waals surface area contributed by atoms with Crippen molar-refractivity contribution in [1.29, 1.82) is 0 Å². The van der Waals surface area contributed by atoms with E-state index in [4.69, 9.17) is 4.74 Å². The first-order chi connectivity index (χ1) is 10.9. The predicted molar refractivity (Wildman–Crippen MR) is 84.7 cm³/mol. The number of thiazole rings is 1. The normalized spacial score (nSPS) is 13.0. The lowest BCUT2D eigenvalue weighted by atomic mass is 10.0. The summed E-state index contributed by atoms with van der Waals surface area (Å²) in [6.07, 6.45) is 2.38. The molecule has 0 saturated heterocycles. The zero-order valence-electron chi connectivity index (χ0n) is 12.6. The first-order valence-corrected chi connectivity index (χ1v) is 7.79. The van der Waals surface area contributed by atoms with Crippen molar-refractivity contribution < 1.29 is 19.0 Å². The lowest BCUT2D eigenvalue weighted by molar-refractivity contribution is 0.143. The van der Waals surface area contributed by atoms with Gasteiger partial charge in [0.1, 0.15) is 17.2 Å². The Bertz CT molecular complexity index is 840. The zero-order valence-corrected chi connectivity index (χ0v) is 13.4. The van der Waals surface area contributed by atoms with Gasteiger partial charge in [-0.05, 0) is 19.9 Å². The van der Waals surface area contributed by atoms with Crippen LogP contribution in [0.2, 0.25) is 0 Å². The van der Waals surface area contributed by atoms with Crippen LogP contribution in [-0.4, -0.2) is 28.6 Å². The summed E-state index contributed by atoms with van der Waals surface area (Å²) in [5.41, 5.74) is 0.122. The number of carbonyl (C=O) groups excluding carboxylic acids is 1. The molecule has 1 aliphatic heterocycles. The maximum atomic E-state index is 14.2. The minimum Gasteiger partial charge on any atom is -0.492 e. The standard InChI is InChI=1S/C17H13FNO3S/c1-17(2,21)5-3-10-7-11-13(8-12(10)18)22-6-4-14-16(11)19-15(9-20)23-14/h7-8,21H,4,6H2,1-2H3. The molecule has 117 valence electrons. The summed E-state index contributed by atoms with van der Waals surface area (Å²) in [7, 11) is 0. The van der Waals surface area contributed by atoms with Gasteiger partial charge in [0.2, 0.25) is 0 Å². The molecule has 1 aliphatic rings. The number of nitrogens with zero attached hydrogens (tertiary/aromatic N) is 1. The summed E-state index contributed by atoms with van der Waals surface area (Å²) < 4.78 is 19.8. The Kier molecular flexibility index (Phi) is 3.92. The third kappa shape index (κ3) is 3.26. The first kappa shape index (κ1) is 15.7. The summed E-state index contributed by atoms with van der Waals surface area (Å²) in [4.78, 5) is 16.0. The van der Waals surface area contributed by atoms with Crippen molar-refractivity contribution in [3.63, 3.8) is 0 Å². The minimum absolute atomic E-state index is 0.145. The van der Waals surface area contributed by atoms with E-state index in [9.17, 15) is 14.3 Å². The molecule has 0 bridgehead atoms. The highest BCUT2D eigenvalue weighted by Gasteiger charge is 2.22. The summed E-state index contributed by atoms with van der Waals surface area (Å²) >= 11 is 1.26. The van der Waals surface area contributed by atoms with E-state index in [0.29, 0.717) is 30.0 Å². The smallest absolute Gasteiger partial charge is 0.264 e. The van der Waals surface area contributed by atoms with Gasteiger partial charge in [-0.25, -0.2) is 9.37 Å². The van der Waals surface area contributed by atoms with Crippen LogP contribution in [0.4, 0.5) is 4.39 Å². The van der Waals surface area contributed by atoms with Crippen molar-refractivity contribution >= 4 is 17.6 Å². The van der Waals surface area contributed by atoms with Crippen molar-refractivity contribution in [2.24, 2.45) is 0 Å². The number of halogens is 1. The molecule has 1 radical (unpaired) electrons. The minimum atomic E-state index is -1.22. The molecule has 4 nitrogen and oxygen atoms in total. The highest BCUT2D eigenvalue weighted by Crippen LogP contribution is 2.38. The Labute approximate surface area is 136 Å². The summed E-state index contributed by atoms with van der Waals surface area (Å²) in [5, 5.41) is 9.93. The number of hydrogen-bond donors (Lipinski definition) is 1. The molecular weight excluding hydrogens is 317 g/mol. The van der Waals surface area contributed by atoms with Crippen LogP contribution in [0, 0.1) is 17.7 Å². The molecule has 0 spiro atoms. The average Bonchev–Trinajstić information content (AvgIpc) is 2.82. The molecule has 6 heteroatoms. The van der Waals surface area contributed by atoms with Crippen molar-refractivity contribution in [3.05, 3.63) is 33.4 Å². The zero-order chi connectivity index (χ0) is 16.6. The summed E-state index contributed by atoms with van der Waals surface area (Å²) in [5.74, 6) is 5.08. The SMILES string of the molecule is CC(C)(O)C#Cc1cc2c(cc1F)OCCc1sc([C]=O)nc1-2. The molecule has 0 saturated carbocycles. The number of benzene rings is 1. The van der Waals surface area contributed by atoms with E-state index >= 15 is 0 Å². The van der Waals surface area contributed by atoms with Gasteiger partial charge in [-0.2, -0.15) is 0 Å². The Hall–Kier alpha value is -2.23. The van der Waals surface area contributed by atoms with Gasteiger partial charge in [-0.1, -0.05) is 11.8 Å². The maximum absolute atomic E-state index is 14.2. The molecule has 1 aromatic carbocycles. The molecule has 2 heterocycles. The van der Waals surface area contributed by atoms with Crippen LogP contribution in [0.25, 0.3) is 11.3 Å². The second kappa shape index (κ2) is 5.76. The van der Waals surface area contributed by atoms with Gasteiger partial charge in [0.25, 0.3) is 6.29 Å². The highest BCUT2D eigenvalue weighted by atomic mass is 32.1. The molecule has 3 rings (SSSR count). The van der Waals surface area contributed by atoms with Gasteiger partial charge in [0.15, 0.2) is 5.01 Å². The fraction of sp³-hybridized carbons (Fsp3) is 0.294. The van der Waals surface area contributed by atoms with Crippen molar-refractivity contribution in [1.82, 2.24) is 4.98 Å². The molecule has 0 atom stereocenters. The molecule has 1 N–H and O–H groups in total. The van der Waals surface area contributed by atoms with Crippen molar-refractivity contribution in [2.75, 3.05) is 6.61 Å². The van der Waals surface area contributed by atoms with Gasteiger partial charge in [0.05, 0.1) is 17.9 Å². The van der Waals surface area contributed by atoms with E-state index in [-0.39, 0.29) is 10.6 Å². The maximum Gasteiger partial charge on any atom is 0.264 e. The van der Waals surface area contributed by atoms with Gasteiger partial charge in [0, 0.05) is 22.9 Å². The largest absolute Gasteiger partial charge is 0.492 e. The van der Waals surface area contributed by atoms with Gasteiger partial charge < -0.3 is 9.84 Å².